The van der Waals surface area contributed by atoms with Gasteiger partial charge >= 0.3 is 0 Å². The third-order valence-electron chi connectivity index (χ3n) is 3.83. The first kappa shape index (κ1) is 21.1. The predicted molar refractivity (Wildman–Crippen MR) is 112 cm³/mol. The number of hydrogen-bond acceptors (Lipinski definition) is 5. The molecule has 0 saturated heterocycles. The van der Waals surface area contributed by atoms with E-state index in [1.165, 1.54) is 7.11 Å². The molecule has 0 radical (unpaired) electrons. The van der Waals surface area contributed by atoms with Crippen LogP contribution in [0.25, 0.3) is 0 Å². The standard InChI is InChI=1S/C19H24N2O4S2/c1-4-27(23,24)21-17-11-10-16(12-18(17)25-3)20-19(22)14(2)26-13-15-8-6-5-7-9-15/h5-12,14,21H,4,13H2,1-3H3,(H,20,22). The highest BCUT2D eigenvalue weighted by Gasteiger charge is 2.16. The molecule has 0 heterocycles. The molecule has 0 aliphatic heterocycles. The van der Waals surface area contributed by atoms with Crippen molar-refractivity contribution in [2.75, 3.05) is 22.9 Å². The van der Waals surface area contributed by atoms with Gasteiger partial charge in [0.15, 0.2) is 0 Å². The molecular formula is C19H24N2O4S2. The highest BCUT2D eigenvalue weighted by Crippen LogP contribution is 2.29. The average Bonchev–Trinajstić information content (AvgIpc) is 2.67. The number of nitrogens with one attached hydrogen (secondary N) is 2. The fraction of sp³-hybridized carbons (Fsp3) is 0.316. The minimum absolute atomic E-state index is 0.0369. The molecule has 0 fully saturated rings. The van der Waals surface area contributed by atoms with Crippen molar-refractivity contribution in [2.24, 2.45) is 0 Å². The van der Waals surface area contributed by atoms with E-state index in [0.29, 0.717) is 17.1 Å². The number of anilines is 2. The molecule has 0 aliphatic carbocycles. The van der Waals surface area contributed by atoms with Crippen molar-refractivity contribution in [1.29, 1.82) is 0 Å². The summed E-state index contributed by atoms with van der Waals surface area (Å²) in [6.45, 7) is 3.40. The Balaban J connectivity index is 2.00. The van der Waals surface area contributed by atoms with Gasteiger partial charge in [0.25, 0.3) is 0 Å². The van der Waals surface area contributed by atoms with Crippen LogP contribution in [0.4, 0.5) is 11.4 Å². The van der Waals surface area contributed by atoms with Crippen molar-refractivity contribution in [3.05, 3.63) is 54.1 Å². The maximum absolute atomic E-state index is 12.4. The summed E-state index contributed by atoms with van der Waals surface area (Å²) < 4.78 is 31.2. The topological polar surface area (TPSA) is 84.5 Å². The van der Waals surface area contributed by atoms with Crippen molar-refractivity contribution in [3.63, 3.8) is 0 Å². The number of thioether (sulfide) groups is 1. The molecule has 2 rings (SSSR count). The Hall–Kier alpha value is -2.19. The Bertz CT molecular complexity index is 871. The largest absolute Gasteiger partial charge is 0.494 e. The van der Waals surface area contributed by atoms with Crippen LogP contribution < -0.4 is 14.8 Å². The lowest BCUT2D eigenvalue weighted by molar-refractivity contribution is -0.115. The second-order valence-electron chi connectivity index (χ2n) is 5.85. The SMILES string of the molecule is CCS(=O)(=O)Nc1ccc(NC(=O)C(C)SCc2ccccc2)cc1OC. The maximum Gasteiger partial charge on any atom is 0.237 e. The molecule has 2 aromatic carbocycles. The summed E-state index contributed by atoms with van der Waals surface area (Å²) in [5.74, 6) is 0.927. The normalized spacial score (nSPS) is 12.3. The summed E-state index contributed by atoms with van der Waals surface area (Å²) in [5.41, 5.74) is 2.05. The van der Waals surface area contributed by atoms with E-state index in [0.717, 1.165) is 11.3 Å². The highest BCUT2D eigenvalue weighted by molar-refractivity contribution is 7.99. The van der Waals surface area contributed by atoms with Crippen LogP contribution in [0.1, 0.15) is 19.4 Å². The molecule has 2 aromatic rings. The lowest BCUT2D eigenvalue weighted by Crippen LogP contribution is -2.22. The van der Waals surface area contributed by atoms with E-state index in [1.54, 1.807) is 36.9 Å². The van der Waals surface area contributed by atoms with Crippen LogP contribution in [0.3, 0.4) is 0 Å². The molecular weight excluding hydrogens is 384 g/mol. The maximum atomic E-state index is 12.4. The Morgan fingerprint density at radius 1 is 1.19 bits per heavy atom. The number of methoxy groups -OCH3 is 1. The number of hydrogen-bond donors (Lipinski definition) is 2. The molecule has 0 saturated carbocycles. The first-order chi connectivity index (χ1) is 12.8. The molecule has 1 amide bonds. The van der Waals surface area contributed by atoms with Crippen LogP contribution in [0.2, 0.25) is 0 Å². The number of amides is 1. The van der Waals surface area contributed by atoms with Gasteiger partial charge in [0.05, 0.1) is 23.8 Å². The Morgan fingerprint density at radius 2 is 1.89 bits per heavy atom. The summed E-state index contributed by atoms with van der Waals surface area (Å²) >= 11 is 1.55. The number of sulfonamides is 1. The van der Waals surface area contributed by atoms with Gasteiger partial charge in [0, 0.05) is 17.5 Å². The zero-order valence-electron chi connectivity index (χ0n) is 15.6. The van der Waals surface area contributed by atoms with Gasteiger partial charge in [0.1, 0.15) is 5.75 Å². The smallest absolute Gasteiger partial charge is 0.237 e. The van der Waals surface area contributed by atoms with Crippen LogP contribution in [-0.2, 0) is 20.6 Å². The molecule has 1 atom stereocenters. The van der Waals surface area contributed by atoms with Crippen molar-refractivity contribution in [2.45, 2.75) is 24.9 Å². The fourth-order valence-electron chi connectivity index (χ4n) is 2.21. The molecule has 0 bridgehead atoms. The number of carbonyl (C=O) groups excluding carboxylic acids is 1. The van der Waals surface area contributed by atoms with Crippen LogP contribution in [0.15, 0.2) is 48.5 Å². The molecule has 0 aromatic heterocycles. The van der Waals surface area contributed by atoms with Gasteiger partial charge in [-0.15, -0.1) is 11.8 Å². The fourth-order valence-corrected chi connectivity index (χ4v) is 3.70. The Morgan fingerprint density at radius 3 is 2.52 bits per heavy atom. The van der Waals surface area contributed by atoms with Crippen LogP contribution in [0, 0.1) is 0 Å². The lowest BCUT2D eigenvalue weighted by atomic mass is 10.2. The van der Waals surface area contributed by atoms with E-state index >= 15 is 0 Å². The molecule has 2 N–H and O–H groups in total. The molecule has 1 unspecified atom stereocenters. The second-order valence-corrected chi connectivity index (χ2v) is 9.19. The molecule has 8 heteroatoms. The third kappa shape index (κ3) is 6.48. The lowest BCUT2D eigenvalue weighted by Gasteiger charge is -2.15. The van der Waals surface area contributed by atoms with Gasteiger partial charge in [-0.3, -0.25) is 9.52 Å². The van der Waals surface area contributed by atoms with Crippen molar-refractivity contribution in [1.82, 2.24) is 0 Å². The zero-order chi connectivity index (χ0) is 19.9. The predicted octanol–water partition coefficient (Wildman–Crippen LogP) is 3.72. The van der Waals surface area contributed by atoms with E-state index in [2.05, 4.69) is 10.0 Å². The number of ether oxygens (including phenoxy) is 1. The van der Waals surface area contributed by atoms with E-state index in [1.807, 2.05) is 37.3 Å². The summed E-state index contributed by atoms with van der Waals surface area (Å²) in [7, 11) is -1.96. The summed E-state index contributed by atoms with van der Waals surface area (Å²) in [5, 5.41) is 2.60. The molecule has 0 spiro atoms. The number of rotatable bonds is 9. The van der Waals surface area contributed by atoms with E-state index in [9.17, 15) is 13.2 Å². The molecule has 27 heavy (non-hydrogen) atoms. The number of benzene rings is 2. The van der Waals surface area contributed by atoms with Gasteiger partial charge in [0.2, 0.25) is 15.9 Å². The average molecular weight is 409 g/mol. The third-order valence-corrected chi connectivity index (χ3v) is 6.33. The van der Waals surface area contributed by atoms with Crippen molar-refractivity contribution < 1.29 is 17.9 Å². The quantitative estimate of drug-likeness (QED) is 0.661. The van der Waals surface area contributed by atoms with Gasteiger partial charge in [-0.25, -0.2) is 8.42 Å². The first-order valence-electron chi connectivity index (χ1n) is 8.49. The van der Waals surface area contributed by atoms with Crippen LogP contribution in [0.5, 0.6) is 5.75 Å². The molecule has 6 nitrogen and oxygen atoms in total. The van der Waals surface area contributed by atoms with E-state index < -0.39 is 10.0 Å². The second kappa shape index (κ2) is 9.66. The van der Waals surface area contributed by atoms with Gasteiger partial charge < -0.3 is 10.1 Å². The van der Waals surface area contributed by atoms with Gasteiger partial charge in [-0.1, -0.05) is 30.3 Å². The first-order valence-corrected chi connectivity index (χ1v) is 11.2. The zero-order valence-corrected chi connectivity index (χ0v) is 17.2. The Labute approximate surface area is 164 Å². The Kier molecular flexibility index (Phi) is 7.55. The summed E-state index contributed by atoms with van der Waals surface area (Å²) in [4.78, 5) is 12.4. The minimum Gasteiger partial charge on any atom is -0.494 e. The van der Waals surface area contributed by atoms with E-state index in [4.69, 9.17) is 4.74 Å². The van der Waals surface area contributed by atoms with Crippen molar-refractivity contribution in [3.8, 4) is 5.75 Å². The monoisotopic (exact) mass is 408 g/mol. The highest BCUT2D eigenvalue weighted by atomic mass is 32.2. The van der Waals surface area contributed by atoms with Crippen LogP contribution >= 0.6 is 11.8 Å². The van der Waals surface area contributed by atoms with Gasteiger partial charge in [-0.05, 0) is 31.5 Å². The van der Waals surface area contributed by atoms with Crippen molar-refractivity contribution >= 4 is 39.1 Å². The molecule has 146 valence electrons. The number of carbonyl (C=O) groups is 1. The van der Waals surface area contributed by atoms with Gasteiger partial charge in [-0.2, -0.15) is 0 Å². The minimum atomic E-state index is -3.41. The molecule has 0 aliphatic rings. The summed E-state index contributed by atoms with van der Waals surface area (Å²) in [6, 6.07) is 14.8. The summed E-state index contributed by atoms with van der Waals surface area (Å²) in [6.07, 6.45) is 0. The van der Waals surface area contributed by atoms with E-state index in [-0.39, 0.29) is 16.9 Å². The van der Waals surface area contributed by atoms with Crippen LogP contribution in [-0.4, -0.2) is 32.4 Å².